The van der Waals surface area contributed by atoms with Crippen molar-refractivity contribution in [3.63, 3.8) is 0 Å². The van der Waals surface area contributed by atoms with Gasteiger partial charge in [-0.2, -0.15) is 17.9 Å². The maximum Gasteiger partial charge on any atom is 0.279 e. The van der Waals surface area contributed by atoms with Gasteiger partial charge >= 0.3 is 0 Å². The van der Waals surface area contributed by atoms with E-state index >= 15 is 0 Å². The van der Waals surface area contributed by atoms with E-state index in [1.165, 1.54) is 4.41 Å². The molecule has 0 aromatic heterocycles. The van der Waals surface area contributed by atoms with Crippen LogP contribution in [0.3, 0.4) is 0 Å². The number of hydrogen-bond donors (Lipinski definition) is 0. The number of nitrogens with zero attached hydrogens (tertiary/aromatic N) is 2. The lowest BCUT2D eigenvalue weighted by Gasteiger charge is -2.37. The quantitative estimate of drug-likeness (QED) is 0.256. The predicted octanol–water partition coefficient (Wildman–Crippen LogP) is 6.11. The number of rotatable bonds is 10. The minimum absolute atomic E-state index is 0.229. The molecule has 0 aliphatic carbocycles. The third-order valence-corrected chi connectivity index (χ3v) is 8.23. The number of hydrazone groups is 1. The van der Waals surface area contributed by atoms with Gasteiger partial charge < -0.3 is 4.74 Å². The Balaban J connectivity index is 1.61. The Kier molecular flexibility index (Phi) is 7.53. The highest BCUT2D eigenvalue weighted by Crippen LogP contribution is 2.42. The molecule has 1 aliphatic rings. The van der Waals surface area contributed by atoms with Crippen molar-refractivity contribution in [3.05, 3.63) is 114 Å². The zero-order chi connectivity index (χ0) is 24.9. The summed E-state index contributed by atoms with van der Waals surface area (Å²) in [6.45, 7) is 9.11. The number of sulfonamides is 1. The van der Waals surface area contributed by atoms with Crippen LogP contribution in [0.5, 0.6) is 0 Å². The van der Waals surface area contributed by atoms with E-state index < -0.39 is 15.6 Å². The van der Waals surface area contributed by atoms with E-state index in [-0.39, 0.29) is 4.90 Å². The molecule has 3 aromatic rings. The van der Waals surface area contributed by atoms with Crippen LogP contribution in [-0.4, -0.2) is 30.7 Å². The lowest BCUT2D eigenvalue weighted by Crippen LogP contribution is -2.47. The topological polar surface area (TPSA) is 59.0 Å². The molecule has 0 unspecified atom stereocenters. The van der Waals surface area contributed by atoms with Crippen LogP contribution in [-0.2, 0) is 21.4 Å². The van der Waals surface area contributed by atoms with Crippen LogP contribution < -0.4 is 0 Å². The van der Waals surface area contributed by atoms with Crippen molar-refractivity contribution in [3.8, 4) is 0 Å². The predicted molar refractivity (Wildman–Crippen MR) is 141 cm³/mol. The van der Waals surface area contributed by atoms with Gasteiger partial charge in [0.15, 0.2) is 0 Å². The Morgan fingerprint density at radius 1 is 1.00 bits per heavy atom. The van der Waals surface area contributed by atoms with Crippen LogP contribution in [0, 0.1) is 6.92 Å². The summed E-state index contributed by atoms with van der Waals surface area (Å²) in [4.78, 5) is 0.229. The first-order valence-electron chi connectivity index (χ1n) is 11.9. The van der Waals surface area contributed by atoms with E-state index in [1.54, 1.807) is 12.1 Å². The zero-order valence-corrected chi connectivity index (χ0v) is 21.2. The van der Waals surface area contributed by atoms with Crippen molar-refractivity contribution in [1.82, 2.24) is 4.41 Å². The van der Waals surface area contributed by atoms with Crippen LogP contribution in [0.2, 0.25) is 0 Å². The largest absolute Gasteiger partial charge is 0.377 e. The summed E-state index contributed by atoms with van der Waals surface area (Å²) in [6, 6.07) is 26.7. The number of hydrogen-bond acceptors (Lipinski definition) is 4. The highest BCUT2D eigenvalue weighted by atomic mass is 32.2. The van der Waals surface area contributed by atoms with Gasteiger partial charge in [0.05, 0.1) is 17.2 Å². The zero-order valence-electron chi connectivity index (χ0n) is 20.4. The second-order valence-corrected chi connectivity index (χ2v) is 10.9. The molecule has 5 nitrogen and oxygen atoms in total. The summed E-state index contributed by atoms with van der Waals surface area (Å²) in [6.07, 6.45) is 1.70. The molecule has 1 aliphatic heterocycles. The molecule has 0 N–H and O–H groups in total. The lowest BCUT2D eigenvalue weighted by atomic mass is 9.82. The third-order valence-electron chi connectivity index (χ3n) is 6.48. The van der Waals surface area contributed by atoms with Gasteiger partial charge in [-0.1, -0.05) is 90.5 Å². The van der Waals surface area contributed by atoms with Crippen molar-refractivity contribution in [2.24, 2.45) is 5.10 Å². The third kappa shape index (κ3) is 5.39. The smallest absolute Gasteiger partial charge is 0.279 e. The van der Waals surface area contributed by atoms with Crippen LogP contribution in [0.4, 0.5) is 0 Å². The summed E-state index contributed by atoms with van der Waals surface area (Å²) >= 11 is 0. The van der Waals surface area contributed by atoms with Crippen LogP contribution in [0.15, 0.2) is 107 Å². The van der Waals surface area contributed by atoms with Crippen molar-refractivity contribution in [2.45, 2.75) is 50.2 Å². The molecule has 0 saturated heterocycles. The molecule has 6 heteroatoms. The molecule has 0 amide bonds. The van der Waals surface area contributed by atoms with Gasteiger partial charge in [0, 0.05) is 13.0 Å². The molecule has 0 bridgehead atoms. The van der Waals surface area contributed by atoms with Crippen LogP contribution in [0.25, 0.3) is 0 Å². The monoisotopic (exact) mass is 488 g/mol. The van der Waals surface area contributed by atoms with E-state index in [9.17, 15) is 8.42 Å². The minimum atomic E-state index is -3.89. The first kappa shape index (κ1) is 24.9. The number of aryl methyl sites for hydroxylation is 1. The Morgan fingerprint density at radius 2 is 1.63 bits per heavy atom. The second kappa shape index (κ2) is 10.6. The summed E-state index contributed by atoms with van der Waals surface area (Å²) in [5.74, 6) is 0. The van der Waals surface area contributed by atoms with Crippen LogP contribution >= 0.6 is 0 Å². The van der Waals surface area contributed by atoms with Gasteiger partial charge in [-0.15, -0.1) is 0 Å². The van der Waals surface area contributed by atoms with Gasteiger partial charge in [-0.25, -0.2) is 0 Å². The van der Waals surface area contributed by atoms with Crippen molar-refractivity contribution >= 4 is 15.7 Å². The molecule has 4 rings (SSSR count). The highest BCUT2D eigenvalue weighted by molar-refractivity contribution is 7.89. The van der Waals surface area contributed by atoms with E-state index in [2.05, 4.69) is 6.58 Å². The SMILES string of the molecule is C=C(C)[C@@]1(CCCOCc2ccccc2)CC(c2ccccc2)=NN1S(=O)(=O)c1ccc(C)cc1. The first-order chi connectivity index (χ1) is 16.8. The standard InChI is InChI=1S/C29H32N2O3S/c1-23(2)29(19-10-20-34-22-25-11-6-4-7-12-25)21-28(26-13-8-5-9-14-26)30-31(29)35(32,33)27-17-15-24(3)16-18-27/h4-9,11-18H,1,10,19-22H2,2-3H3/t29-/m1/s1. The molecular weight excluding hydrogens is 456 g/mol. The molecule has 0 fully saturated rings. The highest BCUT2D eigenvalue weighted by Gasteiger charge is 2.49. The Bertz CT molecular complexity index is 1290. The van der Waals surface area contributed by atoms with Crippen molar-refractivity contribution < 1.29 is 13.2 Å². The maximum absolute atomic E-state index is 13.9. The summed E-state index contributed by atoms with van der Waals surface area (Å²) < 4.78 is 34.9. The fourth-order valence-corrected chi connectivity index (χ4v) is 6.07. The van der Waals surface area contributed by atoms with Gasteiger partial charge in [0.1, 0.15) is 5.54 Å². The summed E-state index contributed by atoms with van der Waals surface area (Å²) in [5.41, 5.74) is 3.69. The Morgan fingerprint density at radius 3 is 2.26 bits per heavy atom. The minimum Gasteiger partial charge on any atom is -0.377 e. The summed E-state index contributed by atoms with van der Waals surface area (Å²) in [7, 11) is -3.89. The number of ether oxygens (including phenoxy) is 1. The van der Waals surface area contributed by atoms with Crippen LogP contribution in [0.1, 0.15) is 42.9 Å². The van der Waals surface area contributed by atoms with Gasteiger partial charge in [-0.05, 0) is 49.9 Å². The Labute approximate surface area is 208 Å². The fourth-order valence-electron chi connectivity index (χ4n) is 4.41. The fraction of sp³-hybridized carbons (Fsp3) is 0.276. The second-order valence-electron chi connectivity index (χ2n) is 9.10. The molecule has 0 saturated carbocycles. The molecule has 0 radical (unpaired) electrons. The average Bonchev–Trinajstić information content (AvgIpc) is 3.27. The summed E-state index contributed by atoms with van der Waals surface area (Å²) in [5, 5.41) is 4.71. The molecule has 35 heavy (non-hydrogen) atoms. The van der Waals surface area contributed by atoms with E-state index in [4.69, 9.17) is 9.84 Å². The van der Waals surface area contributed by atoms with Gasteiger partial charge in [0.25, 0.3) is 10.0 Å². The van der Waals surface area contributed by atoms with E-state index in [1.807, 2.05) is 86.6 Å². The first-order valence-corrected chi connectivity index (χ1v) is 13.3. The molecular formula is C29H32N2O3S. The molecule has 1 heterocycles. The van der Waals surface area contributed by atoms with Gasteiger partial charge in [0.2, 0.25) is 0 Å². The molecule has 0 spiro atoms. The molecule has 182 valence electrons. The normalized spacial score (nSPS) is 17.9. The number of benzene rings is 3. The van der Waals surface area contributed by atoms with E-state index in [0.29, 0.717) is 32.5 Å². The van der Waals surface area contributed by atoms with Crippen molar-refractivity contribution in [2.75, 3.05) is 6.61 Å². The maximum atomic E-state index is 13.9. The molecule has 1 atom stereocenters. The lowest BCUT2D eigenvalue weighted by molar-refractivity contribution is 0.107. The van der Waals surface area contributed by atoms with E-state index in [0.717, 1.165) is 28.0 Å². The molecule has 3 aromatic carbocycles. The Hall–Kier alpha value is -3.22. The van der Waals surface area contributed by atoms with Crippen molar-refractivity contribution in [1.29, 1.82) is 0 Å². The van der Waals surface area contributed by atoms with Gasteiger partial charge in [-0.3, -0.25) is 0 Å². The average molecular weight is 489 g/mol.